The highest BCUT2D eigenvalue weighted by atomic mass is 19.1. The van der Waals surface area contributed by atoms with Gasteiger partial charge in [0.1, 0.15) is 11.6 Å². The summed E-state index contributed by atoms with van der Waals surface area (Å²) in [6.07, 6.45) is 0.459. The first-order chi connectivity index (χ1) is 6.24. The van der Waals surface area contributed by atoms with Crippen LogP contribution in [0.15, 0.2) is 18.2 Å². The summed E-state index contributed by atoms with van der Waals surface area (Å²) in [5.74, 6) is -0.233. The number of phenolic OH excluding ortho intramolecular Hbond substituents is 1. The molecule has 0 aliphatic heterocycles. The van der Waals surface area contributed by atoms with Crippen LogP contribution in [-0.4, -0.2) is 18.8 Å². The number of halogens is 2. The van der Waals surface area contributed by atoms with Gasteiger partial charge in [0, 0.05) is 0 Å². The van der Waals surface area contributed by atoms with E-state index in [2.05, 4.69) is 0 Å². The molecule has 2 nitrogen and oxygen atoms in total. The Morgan fingerprint density at radius 1 is 1.38 bits per heavy atom. The summed E-state index contributed by atoms with van der Waals surface area (Å²) in [6.45, 7) is 0.389. The molecular weight excluding hydrogens is 176 g/mol. The van der Waals surface area contributed by atoms with Gasteiger partial charge in [-0.1, -0.05) is 0 Å². The third-order valence-electron chi connectivity index (χ3n) is 1.44. The second kappa shape index (κ2) is 6.37. The van der Waals surface area contributed by atoms with E-state index in [1.54, 1.807) is 0 Å². The lowest BCUT2D eigenvalue weighted by molar-refractivity contribution is 0.471. The fourth-order valence-electron chi connectivity index (χ4n) is 0.908. The first-order valence-corrected chi connectivity index (χ1v) is 3.79. The lowest BCUT2D eigenvalue weighted by Gasteiger charge is -2.00. The van der Waals surface area contributed by atoms with Crippen molar-refractivity contribution < 1.29 is 13.9 Å². The summed E-state index contributed by atoms with van der Waals surface area (Å²) < 4.78 is 22.3. The molecule has 0 saturated heterocycles. The van der Waals surface area contributed by atoms with Gasteiger partial charge in [0.05, 0.1) is 7.18 Å². The number of aromatic hydroxyl groups is 1. The molecule has 0 unspecified atom stereocenters. The molecule has 4 heteroatoms. The van der Waals surface area contributed by atoms with Gasteiger partial charge in [0.25, 0.3) is 0 Å². The van der Waals surface area contributed by atoms with Gasteiger partial charge in [-0.25, -0.2) is 4.39 Å². The summed E-state index contributed by atoms with van der Waals surface area (Å²) in [5, 5.41) is 8.96. The molecule has 74 valence electrons. The summed E-state index contributed by atoms with van der Waals surface area (Å²) >= 11 is 0. The van der Waals surface area contributed by atoms with Gasteiger partial charge < -0.3 is 10.8 Å². The Labute approximate surface area is 76.0 Å². The molecule has 0 aromatic heterocycles. The van der Waals surface area contributed by atoms with Gasteiger partial charge in [-0.3, -0.25) is 4.39 Å². The molecule has 1 aromatic carbocycles. The van der Waals surface area contributed by atoms with Crippen molar-refractivity contribution in [3.8, 4) is 5.75 Å². The minimum absolute atomic E-state index is 0.0786. The van der Waals surface area contributed by atoms with Gasteiger partial charge in [0.2, 0.25) is 0 Å². The van der Waals surface area contributed by atoms with Crippen LogP contribution in [-0.2, 0) is 6.42 Å². The molecule has 0 amide bonds. The molecule has 13 heavy (non-hydrogen) atoms. The van der Waals surface area contributed by atoms with E-state index < -0.39 is 0 Å². The Morgan fingerprint density at radius 2 is 2.00 bits per heavy atom. The number of hydrogen-bond donors (Lipinski definition) is 2. The van der Waals surface area contributed by atoms with E-state index >= 15 is 0 Å². The molecular formula is C9H13F2NO. The van der Waals surface area contributed by atoms with Crippen LogP contribution in [0.25, 0.3) is 0 Å². The molecule has 0 bridgehead atoms. The molecule has 0 aliphatic rings. The standard InChI is InChI=1S/C8H10FNO.CH3F/c9-8-2-1-7(11)5-6(8)3-4-10;1-2/h1-2,5,11H,3-4,10H2;1H3. The van der Waals surface area contributed by atoms with Crippen molar-refractivity contribution in [1.29, 1.82) is 0 Å². The fraction of sp³-hybridized carbons (Fsp3) is 0.333. The van der Waals surface area contributed by atoms with Crippen molar-refractivity contribution in [1.82, 2.24) is 0 Å². The highest BCUT2D eigenvalue weighted by Gasteiger charge is 2.00. The van der Waals surface area contributed by atoms with Gasteiger partial charge in [-0.2, -0.15) is 0 Å². The predicted molar refractivity (Wildman–Crippen MR) is 47.9 cm³/mol. The molecule has 0 heterocycles. The average Bonchev–Trinajstić information content (AvgIpc) is 2.15. The Balaban J connectivity index is 0.000000671. The van der Waals surface area contributed by atoms with E-state index in [0.717, 1.165) is 0 Å². The third-order valence-corrected chi connectivity index (χ3v) is 1.44. The van der Waals surface area contributed by atoms with E-state index in [-0.39, 0.29) is 11.6 Å². The summed E-state index contributed by atoms with van der Waals surface area (Å²) in [6, 6.07) is 3.94. The van der Waals surface area contributed by atoms with E-state index in [0.29, 0.717) is 25.7 Å². The van der Waals surface area contributed by atoms with Crippen molar-refractivity contribution in [2.24, 2.45) is 5.73 Å². The molecule has 0 spiro atoms. The van der Waals surface area contributed by atoms with E-state index in [1.807, 2.05) is 0 Å². The van der Waals surface area contributed by atoms with Crippen LogP contribution in [0.4, 0.5) is 8.78 Å². The van der Waals surface area contributed by atoms with Crippen LogP contribution in [0.2, 0.25) is 0 Å². The minimum Gasteiger partial charge on any atom is -0.508 e. The minimum atomic E-state index is -0.312. The Bertz CT molecular complexity index is 253. The van der Waals surface area contributed by atoms with Crippen LogP contribution in [0.1, 0.15) is 5.56 Å². The number of benzene rings is 1. The quantitative estimate of drug-likeness (QED) is 0.742. The number of rotatable bonds is 2. The largest absolute Gasteiger partial charge is 0.508 e. The molecule has 0 fully saturated rings. The molecule has 0 saturated carbocycles. The zero-order valence-corrected chi connectivity index (χ0v) is 7.43. The lowest BCUT2D eigenvalue weighted by Crippen LogP contribution is -2.04. The van der Waals surface area contributed by atoms with Crippen LogP contribution in [0, 0.1) is 5.82 Å². The lowest BCUT2D eigenvalue weighted by atomic mass is 10.1. The fourth-order valence-corrected chi connectivity index (χ4v) is 0.908. The van der Waals surface area contributed by atoms with E-state index in [4.69, 9.17) is 10.8 Å². The van der Waals surface area contributed by atoms with Crippen LogP contribution in [0.5, 0.6) is 5.75 Å². The number of nitrogens with two attached hydrogens (primary N) is 1. The summed E-state index contributed by atoms with van der Waals surface area (Å²) in [7, 11) is 0.500. The molecule has 1 aromatic rings. The highest BCUT2D eigenvalue weighted by molar-refractivity contribution is 5.28. The second-order valence-corrected chi connectivity index (χ2v) is 2.31. The average molecular weight is 189 g/mol. The van der Waals surface area contributed by atoms with Gasteiger partial charge in [-0.05, 0) is 36.7 Å². The highest BCUT2D eigenvalue weighted by Crippen LogP contribution is 2.14. The molecule has 3 N–H and O–H groups in total. The first-order valence-electron chi connectivity index (χ1n) is 3.79. The van der Waals surface area contributed by atoms with Crippen LogP contribution >= 0.6 is 0 Å². The second-order valence-electron chi connectivity index (χ2n) is 2.31. The Hall–Kier alpha value is -1.16. The number of alkyl halides is 1. The van der Waals surface area contributed by atoms with E-state index in [9.17, 15) is 8.78 Å². The van der Waals surface area contributed by atoms with Crippen LogP contribution in [0.3, 0.4) is 0 Å². The third kappa shape index (κ3) is 3.85. The zero-order valence-electron chi connectivity index (χ0n) is 7.43. The molecule has 0 aliphatic carbocycles. The SMILES string of the molecule is CF.NCCc1cc(O)ccc1F. The molecule has 0 radical (unpaired) electrons. The van der Waals surface area contributed by atoms with Gasteiger partial charge in [-0.15, -0.1) is 0 Å². The first kappa shape index (κ1) is 11.8. The summed E-state index contributed by atoms with van der Waals surface area (Å²) in [5.41, 5.74) is 5.70. The number of phenols is 1. The van der Waals surface area contributed by atoms with Crippen molar-refractivity contribution in [2.45, 2.75) is 6.42 Å². The van der Waals surface area contributed by atoms with Crippen molar-refractivity contribution in [2.75, 3.05) is 13.7 Å². The maximum absolute atomic E-state index is 12.8. The van der Waals surface area contributed by atoms with Gasteiger partial charge in [0.15, 0.2) is 0 Å². The number of hydrogen-bond acceptors (Lipinski definition) is 2. The smallest absolute Gasteiger partial charge is 0.126 e. The predicted octanol–water partition coefficient (Wildman–Crippen LogP) is 1.62. The monoisotopic (exact) mass is 189 g/mol. The Morgan fingerprint density at radius 3 is 2.54 bits per heavy atom. The van der Waals surface area contributed by atoms with Crippen LogP contribution < -0.4 is 5.73 Å². The van der Waals surface area contributed by atoms with Crippen molar-refractivity contribution in [3.05, 3.63) is 29.6 Å². The molecule has 1 rings (SSSR count). The van der Waals surface area contributed by atoms with Crippen molar-refractivity contribution >= 4 is 0 Å². The molecule has 0 atom stereocenters. The van der Waals surface area contributed by atoms with Crippen molar-refractivity contribution in [3.63, 3.8) is 0 Å². The maximum Gasteiger partial charge on any atom is 0.126 e. The zero-order chi connectivity index (χ0) is 10.3. The Kier molecular flexibility index (Phi) is 5.80. The van der Waals surface area contributed by atoms with E-state index in [1.165, 1.54) is 18.2 Å². The van der Waals surface area contributed by atoms with Gasteiger partial charge >= 0.3 is 0 Å². The topological polar surface area (TPSA) is 46.2 Å². The normalized spacial score (nSPS) is 8.92. The summed E-state index contributed by atoms with van der Waals surface area (Å²) in [4.78, 5) is 0. The maximum atomic E-state index is 12.8.